The number of rotatable bonds is 1. The Morgan fingerprint density at radius 1 is 1.77 bits per heavy atom. The Labute approximate surface area is 88.9 Å². The van der Waals surface area contributed by atoms with E-state index in [2.05, 4.69) is 20.9 Å². The lowest BCUT2D eigenvalue weighted by atomic mass is 10.4. The van der Waals surface area contributed by atoms with Gasteiger partial charge in [0.15, 0.2) is 5.13 Å². The average molecular weight is 261 g/mol. The van der Waals surface area contributed by atoms with E-state index in [0.29, 0.717) is 6.42 Å². The van der Waals surface area contributed by atoms with Crippen LogP contribution in [0.1, 0.15) is 11.3 Å². The molecule has 1 aliphatic rings. The first-order valence-electron chi connectivity index (χ1n) is 4.03. The minimum Gasteiger partial charge on any atom is -0.287 e. The number of alkyl halides is 1. The third kappa shape index (κ3) is 1.76. The average Bonchev–Trinajstić information content (AvgIpc) is 2.58. The van der Waals surface area contributed by atoms with Gasteiger partial charge < -0.3 is 0 Å². The molecule has 1 saturated heterocycles. The largest absolute Gasteiger partial charge is 0.287 e. The fraction of sp³-hybridized carbons (Fsp3) is 0.500. The predicted molar refractivity (Wildman–Crippen MR) is 56.5 cm³/mol. The molecule has 1 aromatic heterocycles. The molecular formula is C8H9BrN2OS. The summed E-state index contributed by atoms with van der Waals surface area (Å²) in [6.45, 7) is 2.74. The zero-order valence-corrected chi connectivity index (χ0v) is 9.56. The Balaban J connectivity index is 2.22. The van der Waals surface area contributed by atoms with E-state index in [9.17, 15) is 4.79 Å². The molecule has 0 aromatic carbocycles. The molecule has 70 valence electrons. The van der Waals surface area contributed by atoms with Crippen LogP contribution in [0.4, 0.5) is 5.13 Å². The standard InChI is InChI=1S/C8H9BrN2OS/c1-5-3-10-8(13-5)11-4-6(9)2-7(11)12/h3,6H,2,4H2,1H3. The number of carbonyl (C=O) groups excluding carboxylic acids is 1. The molecule has 0 radical (unpaired) electrons. The Morgan fingerprint density at radius 3 is 3.00 bits per heavy atom. The van der Waals surface area contributed by atoms with Crippen LogP contribution in [-0.4, -0.2) is 22.3 Å². The van der Waals surface area contributed by atoms with E-state index >= 15 is 0 Å². The highest BCUT2D eigenvalue weighted by Crippen LogP contribution is 2.28. The molecule has 0 saturated carbocycles. The number of nitrogens with zero attached hydrogens (tertiary/aromatic N) is 2. The summed E-state index contributed by atoms with van der Waals surface area (Å²) < 4.78 is 0. The molecule has 0 aliphatic carbocycles. The summed E-state index contributed by atoms with van der Waals surface area (Å²) in [6, 6.07) is 0. The summed E-state index contributed by atoms with van der Waals surface area (Å²) in [6.07, 6.45) is 2.38. The van der Waals surface area contributed by atoms with Crippen LogP contribution in [0.2, 0.25) is 0 Å². The number of carbonyl (C=O) groups is 1. The van der Waals surface area contributed by atoms with E-state index in [4.69, 9.17) is 0 Å². The summed E-state index contributed by atoms with van der Waals surface area (Å²) in [7, 11) is 0. The van der Waals surface area contributed by atoms with Crippen LogP contribution in [0, 0.1) is 6.92 Å². The summed E-state index contributed by atoms with van der Waals surface area (Å²) in [5.41, 5.74) is 0. The third-order valence-corrected chi connectivity index (χ3v) is 3.47. The molecular weight excluding hydrogens is 252 g/mol. The first-order chi connectivity index (χ1) is 6.16. The van der Waals surface area contributed by atoms with E-state index in [-0.39, 0.29) is 10.7 Å². The Kier molecular flexibility index (Phi) is 2.38. The van der Waals surface area contributed by atoms with E-state index in [1.165, 1.54) is 0 Å². The van der Waals surface area contributed by atoms with Crippen molar-refractivity contribution in [3.8, 4) is 0 Å². The second-order valence-corrected chi connectivity index (χ2v) is 5.57. The molecule has 1 unspecified atom stereocenters. The fourth-order valence-electron chi connectivity index (χ4n) is 1.32. The fourth-order valence-corrected chi connectivity index (χ4v) is 2.67. The lowest BCUT2D eigenvalue weighted by Crippen LogP contribution is -2.24. The number of hydrogen-bond donors (Lipinski definition) is 0. The van der Waals surface area contributed by atoms with Crippen molar-refractivity contribution >= 4 is 38.3 Å². The lowest BCUT2D eigenvalue weighted by molar-refractivity contribution is -0.117. The number of aromatic nitrogens is 1. The molecule has 0 N–H and O–H groups in total. The zero-order chi connectivity index (χ0) is 9.42. The van der Waals surface area contributed by atoms with Crippen LogP contribution in [0.3, 0.4) is 0 Å². The summed E-state index contributed by atoms with van der Waals surface area (Å²) >= 11 is 5.00. The lowest BCUT2D eigenvalue weighted by Gasteiger charge is -2.10. The molecule has 0 spiro atoms. The van der Waals surface area contributed by atoms with E-state index < -0.39 is 0 Å². The number of halogens is 1. The van der Waals surface area contributed by atoms with Crippen molar-refractivity contribution in [2.75, 3.05) is 11.4 Å². The number of amides is 1. The van der Waals surface area contributed by atoms with Crippen LogP contribution >= 0.6 is 27.3 Å². The van der Waals surface area contributed by atoms with Crippen LogP contribution in [-0.2, 0) is 4.79 Å². The van der Waals surface area contributed by atoms with Gasteiger partial charge in [0, 0.05) is 28.9 Å². The molecule has 5 heteroatoms. The normalized spacial score (nSPS) is 22.8. The van der Waals surface area contributed by atoms with Gasteiger partial charge in [-0.1, -0.05) is 15.9 Å². The van der Waals surface area contributed by atoms with Crippen LogP contribution in [0.25, 0.3) is 0 Å². The van der Waals surface area contributed by atoms with Crippen molar-refractivity contribution in [2.24, 2.45) is 0 Å². The maximum atomic E-state index is 11.5. The maximum Gasteiger partial charge on any atom is 0.230 e. The van der Waals surface area contributed by atoms with E-state index in [1.807, 2.05) is 6.92 Å². The highest BCUT2D eigenvalue weighted by atomic mass is 79.9. The summed E-state index contributed by atoms with van der Waals surface area (Å²) in [4.78, 5) is 18.8. The van der Waals surface area contributed by atoms with Crippen LogP contribution in [0.15, 0.2) is 6.20 Å². The van der Waals surface area contributed by atoms with Crippen molar-refractivity contribution in [3.05, 3.63) is 11.1 Å². The predicted octanol–water partition coefficient (Wildman–Crippen LogP) is 1.95. The van der Waals surface area contributed by atoms with E-state index in [1.54, 1.807) is 22.4 Å². The number of hydrogen-bond acceptors (Lipinski definition) is 3. The quantitative estimate of drug-likeness (QED) is 0.724. The minimum absolute atomic E-state index is 0.163. The topological polar surface area (TPSA) is 33.2 Å². The van der Waals surface area contributed by atoms with Crippen LogP contribution < -0.4 is 4.90 Å². The first kappa shape index (κ1) is 9.15. The van der Waals surface area contributed by atoms with Gasteiger partial charge in [-0.2, -0.15) is 0 Å². The molecule has 1 atom stereocenters. The van der Waals surface area contributed by atoms with Gasteiger partial charge in [-0.15, -0.1) is 11.3 Å². The molecule has 13 heavy (non-hydrogen) atoms. The SMILES string of the molecule is Cc1cnc(N2CC(Br)CC2=O)s1. The molecule has 1 aliphatic heterocycles. The van der Waals surface area contributed by atoms with Crippen molar-refractivity contribution < 1.29 is 4.79 Å². The monoisotopic (exact) mass is 260 g/mol. The summed E-state index contributed by atoms with van der Waals surface area (Å²) in [5, 5.41) is 0.824. The second kappa shape index (κ2) is 3.38. The van der Waals surface area contributed by atoms with Gasteiger partial charge in [-0.05, 0) is 6.92 Å². The molecule has 1 aromatic rings. The smallest absolute Gasteiger partial charge is 0.230 e. The third-order valence-electron chi connectivity index (χ3n) is 1.92. The summed E-state index contributed by atoms with van der Waals surface area (Å²) in [5.74, 6) is 0.163. The second-order valence-electron chi connectivity index (χ2n) is 3.06. The minimum atomic E-state index is 0.163. The number of anilines is 1. The van der Waals surface area contributed by atoms with Gasteiger partial charge in [-0.3, -0.25) is 9.69 Å². The Hall–Kier alpha value is -0.420. The van der Waals surface area contributed by atoms with Crippen molar-refractivity contribution in [2.45, 2.75) is 18.2 Å². The molecule has 3 nitrogen and oxygen atoms in total. The van der Waals surface area contributed by atoms with Crippen molar-refractivity contribution in [1.29, 1.82) is 0 Å². The molecule has 0 bridgehead atoms. The first-order valence-corrected chi connectivity index (χ1v) is 5.77. The molecule has 1 amide bonds. The Morgan fingerprint density at radius 2 is 2.54 bits per heavy atom. The van der Waals surface area contributed by atoms with Gasteiger partial charge in [0.1, 0.15) is 0 Å². The number of aryl methyl sites for hydroxylation is 1. The van der Waals surface area contributed by atoms with Crippen LogP contribution in [0.5, 0.6) is 0 Å². The highest BCUT2D eigenvalue weighted by molar-refractivity contribution is 9.09. The molecule has 2 rings (SSSR count). The molecule has 1 fully saturated rings. The maximum absolute atomic E-state index is 11.5. The van der Waals surface area contributed by atoms with Crippen molar-refractivity contribution in [1.82, 2.24) is 4.98 Å². The van der Waals surface area contributed by atoms with Gasteiger partial charge in [0.2, 0.25) is 5.91 Å². The molecule has 2 heterocycles. The highest BCUT2D eigenvalue weighted by Gasteiger charge is 2.30. The van der Waals surface area contributed by atoms with Gasteiger partial charge in [0.25, 0.3) is 0 Å². The van der Waals surface area contributed by atoms with E-state index in [0.717, 1.165) is 16.6 Å². The van der Waals surface area contributed by atoms with Crippen molar-refractivity contribution in [3.63, 3.8) is 0 Å². The van der Waals surface area contributed by atoms with Gasteiger partial charge >= 0.3 is 0 Å². The Bertz CT molecular complexity index is 339. The zero-order valence-electron chi connectivity index (χ0n) is 7.16. The van der Waals surface area contributed by atoms with Gasteiger partial charge in [0.05, 0.1) is 0 Å². The van der Waals surface area contributed by atoms with Gasteiger partial charge in [-0.25, -0.2) is 4.98 Å². The number of thiazole rings is 1.